The van der Waals surface area contributed by atoms with Crippen molar-refractivity contribution in [2.75, 3.05) is 0 Å². The fourth-order valence-corrected chi connectivity index (χ4v) is 10.9. The SMILES string of the molecule is Clc1cccc(Cl)c1C1=C2C=CC(=N2)C(c2c(Cl)cccc2Cl)=c2ccc([nH]2)=C(c2c(Cl)cccc2Cl)C2=NC(Cl)(C=C2)C(Cl)(c2c(Cl)cccc2Cl)c2ccc1[nH]2. The van der Waals surface area contributed by atoms with Gasteiger partial charge in [0.05, 0.1) is 47.3 Å². The molecule has 0 aliphatic carbocycles. The van der Waals surface area contributed by atoms with Gasteiger partial charge in [-0.15, -0.1) is 11.6 Å². The molecule has 0 saturated heterocycles. The lowest BCUT2D eigenvalue weighted by Gasteiger charge is -2.37. The molecule has 4 nitrogen and oxygen atoms in total. The number of fused-ring (bicyclic) bond motifs is 6. The van der Waals surface area contributed by atoms with Gasteiger partial charge in [0.15, 0.2) is 9.87 Å². The minimum atomic E-state index is -1.77. The van der Waals surface area contributed by atoms with Crippen molar-refractivity contribution in [1.82, 2.24) is 9.97 Å². The van der Waals surface area contributed by atoms with Crippen molar-refractivity contribution >= 4 is 144 Å². The molecule has 5 heterocycles. The zero-order valence-corrected chi connectivity index (χ0v) is 36.8. The number of halogens is 10. The summed E-state index contributed by atoms with van der Waals surface area (Å²) in [6.45, 7) is 0. The molecule has 3 aliphatic heterocycles. The van der Waals surface area contributed by atoms with Gasteiger partial charge in [-0.2, -0.15) is 0 Å². The van der Waals surface area contributed by atoms with E-state index in [0.717, 1.165) is 0 Å². The number of H-pyrrole nitrogens is 2. The average molecular weight is 961 g/mol. The zero-order chi connectivity index (χ0) is 40.7. The third kappa shape index (κ3) is 6.44. The molecule has 0 amide bonds. The third-order valence-electron chi connectivity index (χ3n) is 10.1. The topological polar surface area (TPSA) is 56.3 Å². The van der Waals surface area contributed by atoms with Crippen LogP contribution in [0.25, 0.3) is 16.7 Å². The molecule has 0 fully saturated rings. The maximum Gasteiger partial charge on any atom is 0.181 e. The lowest BCUT2D eigenvalue weighted by atomic mass is 9.87. The first-order valence-electron chi connectivity index (χ1n) is 17.4. The van der Waals surface area contributed by atoms with Crippen molar-refractivity contribution < 1.29 is 0 Å². The molecule has 0 spiro atoms. The fraction of sp³-hybridized carbons (Fsp3) is 0.0455. The Morgan fingerprint density at radius 3 is 1.43 bits per heavy atom. The van der Waals surface area contributed by atoms with E-state index in [4.69, 9.17) is 126 Å². The Morgan fingerprint density at radius 2 is 0.914 bits per heavy atom. The smallest absolute Gasteiger partial charge is 0.181 e. The second kappa shape index (κ2) is 15.3. The number of alkyl halides is 2. The van der Waals surface area contributed by atoms with E-state index in [0.29, 0.717) is 108 Å². The van der Waals surface area contributed by atoms with Crippen LogP contribution >= 0.6 is 116 Å². The molecular weight excluding hydrogens is 939 g/mol. The van der Waals surface area contributed by atoms with E-state index in [2.05, 4.69) is 9.97 Å². The molecule has 2 atom stereocenters. The summed E-state index contributed by atoms with van der Waals surface area (Å²) in [5, 5.41) is 4.08. The molecule has 9 rings (SSSR count). The molecule has 8 bridgehead atoms. The third-order valence-corrected chi connectivity index (χ3v) is 13.9. The number of aliphatic imine (C=N–C) groups is 2. The molecule has 2 aromatic heterocycles. The van der Waals surface area contributed by atoms with Crippen LogP contribution in [0.15, 0.2) is 137 Å². The first-order valence-corrected chi connectivity index (χ1v) is 21.2. The number of rotatable bonds is 4. The van der Waals surface area contributed by atoms with Gasteiger partial charge in [-0.3, -0.25) is 4.99 Å². The largest absolute Gasteiger partial charge is 0.356 e. The van der Waals surface area contributed by atoms with Crippen LogP contribution in [0.4, 0.5) is 0 Å². The summed E-state index contributed by atoms with van der Waals surface area (Å²) in [6, 6.07) is 28.4. The van der Waals surface area contributed by atoms with E-state index in [1.54, 1.807) is 91.0 Å². The number of aromatic nitrogens is 2. The Kier molecular flexibility index (Phi) is 10.6. The number of benzene rings is 4. The second-order valence-corrected chi connectivity index (χ2v) is 17.9. The minimum absolute atomic E-state index is 0.263. The van der Waals surface area contributed by atoms with Crippen LogP contribution in [0.5, 0.6) is 0 Å². The fourth-order valence-electron chi connectivity index (χ4n) is 7.58. The molecule has 58 heavy (non-hydrogen) atoms. The van der Waals surface area contributed by atoms with E-state index in [1.165, 1.54) is 0 Å². The van der Waals surface area contributed by atoms with Gasteiger partial charge in [0.1, 0.15) is 0 Å². The van der Waals surface area contributed by atoms with Crippen molar-refractivity contribution in [2.24, 2.45) is 9.98 Å². The van der Waals surface area contributed by atoms with E-state index < -0.39 is 9.87 Å². The Balaban J connectivity index is 1.49. The van der Waals surface area contributed by atoms with Gasteiger partial charge in [-0.05, 0) is 97.1 Å². The predicted molar refractivity (Wildman–Crippen MR) is 246 cm³/mol. The Bertz CT molecular complexity index is 2960. The number of allylic oxidation sites excluding steroid dienone is 3. The van der Waals surface area contributed by atoms with Crippen molar-refractivity contribution in [1.29, 1.82) is 0 Å². The molecule has 3 aliphatic rings. The van der Waals surface area contributed by atoms with E-state index in [1.807, 2.05) is 30.4 Å². The average Bonchev–Trinajstić information content (AvgIpc) is 4.01. The van der Waals surface area contributed by atoms with Crippen molar-refractivity contribution in [3.63, 3.8) is 0 Å². The molecule has 0 radical (unpaired) electrons. The van der Waals surface area contributed by atoms with Crippen LogP contribution in [-0.2, 0) is 4.87 Å². The van der Waals surface area contributed by atoms with Gasteiger partial charge in [0.2, 0.25) is 0 Å². The number of hydrogen-bond acceptors (Lipinski definition) is 2. The highest BCUT2D eigenvalue weighted by Crippen LogP contribution is 2.56. The van der Waals surface area contributed by atoms with Gasteiger partial charge >= 0.3 is 0 Å². The molecule has 2 N–H and O–H groups in total. The summed E-state index contributed by atoms with van der Waals surface area (Å²) >= 11 is 71.5. The molecule has 0 saturated carbocycles. The van der Waals surface area contributed by atoms with Crippen molar-refractivity contribution in [3.05, 3.63) is 212 Å². The highest BCUT2D eigenvalue weighted by Gasteiger charge is 2.55. The predicted octanol–water partition coefficient (Wildman–Crippen LogP) is 13.9. The maximum atomic E-state index is 7.99. The normalized spacial score (nSPS) is 20.0. The van der Waals surface area contributed by atoms with Crippen LogP contribution in [0.1, 0.15) is 33.6 Å². The summed E-state index contributed by atoms with van der Waals surface area (Å²) in [4.78, 5) is 14.0. The molecule has 2 unspecified atom stereocenters. The lowest BCUT2D eigenvalue weighted by molar-refractivity contribution is 0.570. The summed E-state index contributed by atoms with van der Waals surface area (Å²) in [7, 11) is 0. The number of nitrogens with zero attached hydrogens (tertiary/aromatic N) is 2. The Hall–Kier alpha value is -3.36. The quantitative estimate of drug-likeness (QED) is 0.131. The molecule has 288 valence electrons. The second-order valence-electron chi connectivity index (χ2n) is 13.5. The molecular formula is C44H22Cl10N4. The summed E-state index contributed by atoms with van der Waals surface area (Å²) in [5.74, 6) is 0. The first-order chi connectivity index (χ1) is 27.8. The standard InChI is InChI=1S/C44H22Cl10N4/c45-21-5-1-6-22(46)36(21)39-29-13-14-31(55-29)40(37-23(47)7-2-8-24(37)48)33-17-18-35(57-33)44(54,42-27(51)11-4-12-28(42)52)43(53)20-19-34(58-43)41(32-16-15-30(39)56-32)38-25(49)9-3-10-26(38)50/h1-20,56-57H. The van der Waals surface area contributed by atoms with E-state index in [-0.39, 0.29) is 10.0 Å². The van der Waals surface area contributed by atoms with Crippen molar-refractivity contribution in [3.8, 4) is 0 Å². The highest BCUT2D eigenvalue weighted by molar-refractivity contribution is 6.46. The summed E-state index contributed by atoms with van der Waals surface area (Å²) < 4.78 is 0. The van der Waals surface area contributed by atoms with Gasteiger partial charge in [0.25, 0.3) is 0 Å². The van der Waals surface area contributed by atoms with Crippen LogP contribution < -0.4 is 10.7 Å². The van der Waals surface area contributed by atoms with Crippen LogP contribution in [0, 0.1) is 0 Å². The zero-order valence-electron chi connectivity index (χ0n) is 29.2. The molecule has 14 heteroatoms. The van der Waals surface area contributed by atoms with Gasteiger partial charge in [-0.1, -0.05) is 129 Å². The number of aromatic amines is 2. The summed E-state index contributed by atoms with van der Waals surface area (Å²) in [5.41, 5.74) is 6.06. The Labute approximate surface area is 382 Å². The lowest BCUT2D eigenvalue weighted by Crippen LogP contribution is -2.42. The highest BCUT2D eigenvalue weighted by atomic mass is 35.5. The monoisotopic (exact) mass is 956 g/mol. The molecule has 6 aromatic rings. The van der Waals surface area contributed by atoms with Gasteiger partial charge in [0, 0.05) is 71.1 Å². The van der Waals surface area contributed by atoms with E-state index in [9.17, 15) is 0 Å². The van der Waals surface area contributed by atoms with Crippen LogP contribution in [0.2, 0.25) is 40.2 Å². The van der Waals surface area contributed by atoms with Crippen molar-refractivity contribution in [2.45, 2.75) is 9.87 Å². The van der Waals surface area contributed by atoms with Gasteiger partial charge < -0.3 is 9.97 Å². The first kappa shape index (κ1) is 40.1. The number of nitrogens with one attached hydrogen (secondary N) is 2. The summed E-state index contributed by atoms with van der Waals surface area (Å²) in [6.07, 6.45) is 7.22. The van der Waals surface area contributed by atoms with Gasteiger partial charge in [-0.25, -0.2) is 4.99 Å². The number of hydrogen-bond donors (Lipinski definition) is 2. The molecule has 4 aromatic carbocycles. The van der Waals surface area contributed by atoms with Crippen LogP contribution in [0.3, 0.4) is 0 Å². The van der Waals surface area contributed by atoms with E-state index >= 15 is 0 Å². The maximum absolute atomic E-state index is 7.99. The Morgan fingerprint density at radius 1 is 0.448 bits per heavy atom. The minimum Gasteiger partial charge on any atom is -0.356 e. The van der Waals surface area contributed by atoms with Crippen LogP contribution in [-0.4, -0.2) is 26.4 Å².